The number of hydrogen-bond donors (Lipinski definition) is 1. The molecule has 3 heteroatoms. The van der Waals surface area contributed by atoms with E-state index in [4.69, 9.17) is 4.74 Å². The van der Waals surface area contributed by atoms with Crippen LogP contribution in [0.25, 0.3) is 10.8 Å². The van der Waals surface area contributed by atoms with Gasteiger partial charge in [0, 0.05) is 37.6 Å². The van der Waals surface area contributed by atoms with Gasteiger partial charge in [-0.1, -0.05) is 30.3 Å². The van der Waals surface area contributed by atoms with E-state index in [9.17, 15) is 0 Å². The van der Waals surface area contributed by atoms with Crippen LogP contribution in [0.2, 0.25) is 0 Å². The first-order valence-electron chi connectivity index (χ1n) is 8.39. The highest BCUT2D eigenvalue weighted by Crippen LogP contribution is 2.47. The summed E-state index contributed by atoms with van der Waals surface area (Å²) in [6, 6.07) is 13.7. The maximum absolute atomic E-state index is 5.56. The van der Waals surface area contributed by atoms with Crippen LogP contribution in [-0.4, -0.2) is 38.2 Å². The summed E-state index contributed by atoms with van der Waals surface area (Å²) in [7, 11) is 1.76. The van der Waals surface area contributed by atoms with E-state index >= 15 is 0 Å². The summed E-state index contributed by atoms with van der Waals surface area (Å²) in [5, 5.41) is 6.07. The lowest BCUT2D eigenvalue weighted by atomic mass is 9.93. The Balaban J connectivity index is 1.80. The fourth-order valence-electron chi connectivity index (χ4n) is 3.85. The van der Waals surface area contributed by atoms with Crippen LogP contribution in [0.5, 0.6) is 5.75 Å². The van der Waals surface area contributed by atoms with Crippen LogP contribution in [0.4, 0.5) is 0 Å². The molecule has 1 saturated heterocycles. The number of nitrogens with one attached hydrogen (secondary N) is 1. The third-order valence-corrected chi connectivity index (χ3v) is 5.07. The van der Waals surface area contributed by atoms with Crippen LogP contribution < -0.4 is 10.1 Å². The predicted molar refractivity (Wildman–Crippen MR) is 90.4 cm³/mol. The third-order valence-electron chi connectivity index (χ3n) is 5.07. The Labute approximate surface area is 132 Å². The summed E-state index contributed by atoms with van der Waals surface area (Å²) >= 11 is 0. The maximum atomic E-state index is 5.56. The lowest BCUT2D eigenvalue weighted by molar-refractivity contribution is 0.157. The smallest absolute Gasteiger partial charge is 0.126 e. The molecule has 3 nitrogen and oxygen atoms in total. The second kappa shape index (κ2) is 5.90. The minimum atomic E-state index is 0.568. The molecule has 0 spiro atoms. The van der Waals surface area contributed by atoms with Crippen LogP contribution in [0, 0.1) is 5.92 Å². The SMILES string of the molecule is COc1ccc([C@H](C2CC2)N2CCNCC2)c2ccccc12. The van der Waals surface area contributed by atoms with Crippen molar-refractivity contribution in [3.8, 4) is 5.75 Å². The van der Waals surface area contributed by atoms with Gasteiger partial charge in [-0.25, -0.2) is 0 Å². The Morgan fingerprint density at radius 3 is 2.45 bits per heavy atom. The number of fused-ring (bicyclic) bond motifs is 1. The summed E-state index contributed by atoms with van der Waals surface area (Å²) in [4.78, 5) is 2.68. The first kappa shape index (κ1) is 14.0. The predicted octanol–water partition coefficient (Wildman–Crippen LogP) is 3.20. The molecule has 0 unspecified atom stereocenters. The lowest BCUT2D eigenvalue weighted by Gasteiger charge is -2.36. The van der Waals surface area contributed by atoms with Gasteiger partial charge in [0.2, 0.25) is 0 Å². The van der Waals surface area contributed by atoms with E-state index in [1.807, 2.05) is 0 Å². The van der Waals surface area contributed by atoms with Gasteiger partial charge in [0.1, 0.15) is 5.75 Å². The van der Waals surface area contributed by atoms with E-state index < -0.39 is 0 Å². The molecule has 0 aromatic heterocycles. The van der Waals surface area contributed by atoms with Crippen molar-refractivity contribution in [1.82, 2.24) is 10.2 Å². The normalized spacial score (nSPS) is 21.0. The largest absolute Gasteiger partial charge is 0.496 e. The monoisotopic (exact) mass is 296 g/mol. The van der Waals surface area contributed by atoms with E-state index in [1.54, 1.807) is 7.11 Å². The summed E-state index contributed by atoms with van der Waals surface area (Å²) in [5.74, 6) is 1.81. The van der Waals surface area contributed by atoms with Crippen LogP contribution >= 0.6 is 0 Å². The van der Waals surface area contributed by atoms with E-state index in [0.717, 1.165) is 37.8 Å². The second-order valence-electron chi connectivity index (χ2n) is 6.47. The third kappa shape index (κ3) is 2.49. The van der Waals surface area contributed by atoms with E-state index in [0.29, 0.717) is 6.04 Å². The van der Waals surface area contributed by atoms with Gasteiger partial charge in [-0.3, -0.25) is 4.90 Å². The molecule has 2 fully saturated rings. The minimum Gasteiger partial charge on any atom is -0.496 e. The molecule has 1 aliphatic heterocycles. The molecule has 0 bridgehead atoms. The van der Waals surface area contributed by atoms with Gasteiger partial charge in [-0.05, 0) is 35.8 Å². The molecular weight excluding hydrogens is 272 g/mol. The van der Waals surface area contributed by atoms with Crippen molar-refractivity contribution in [1.29, 1.82) is 0 Å². The summed E-state index contributed by atoms with van der Waals surface area (Å²) in [5.41, 5.74) is 1.49. The highest BCUT2D eigenvalue weighted by molar-refractivity contribution is 5.91. The van der Waals surface area contributed by atoms with Gasteiger partial charge in [0.25, 0.3) is 0 Å². The van der Waals surface area contributed by atoms with Crippen molar-refractivity contribution in [3.05, 3.63) is 42.0 Å². The fourth-order valence-corrected chi connectivity index (χ4v) is 3.85. The van der Waals surface area contributed by atoms with Gasteiger partial charge < -0.3 is 10.1 Å². The van der Waals surface area contributed by atoms with E-state index in [2.05, 4.69) is 46.6 Å². The van der Waals surface area contributed by atoms with Crippen molar-refractivity contribution < 1.29 is 4.74 Å². The lowest BCUT2D eigenvalue weighted by Crippen LogP contribution is -2.45. The Kier molecular flexibility index (Phi) is 3.77. The molecule has 116 valence electrons. The number of hydrogen-bond acceptors (Lipinski definition) is 3. The van der Waals surface area contributed by atoms with Gasteiger partial charge in [-0.2, -0.15) is 0 Å². The molecule has 2 aliphatic rings. The molecular formula is C19H24N2O. The molecule has 0 radical (unpaired) electrons. The van der Waals surface area contributed by atoms with Crippen LogP contribution in [-0.2, 0) is 0 Å². The highest BCUT2D eigenvalue weighted by atomic mass is 16.5. The second-order valence-corrected chi connectivity index (χ2v) is 6.47. The van der Waals surface area contributed by atoms with Crippen LogP contribution in [0.15, 0.2) is 36.4 Å². The molecule has 1 heterocycles. The average Bonchev–Trinajstić information content (AvgIpc) is 3.41. The molecule has 2 aromatic carbocycles. The molecule has 0 amide bonds. The number of benzene rings is 2. The number of piperazine rings is 1. The van der Waals surface area contributed by atoms with Crippen LogP contribution in [0.1, 0.15) is 24.4 Å². The zero-order valence-corrected chi connectivity index (χ0v) is 13.2. The van der Waals surface area contributed by atoms with E-state index in [1.165, 1.54) is 29.2 Å². The Morgan fingerprint density at radius 2 is 1.77 bits per heavy atom. The molecule has 4 rings (SSSR count). The maximum Gasteiger partial charge on any atom is 0.126 e. The molecule has 1 aliphatic carbocycles. The topological polar surface area (TPSA) is 24.5 Å². The number of methoxy groups -OCH3 is 1. The van der Waals surface area contributed by atoms with E-state index in [-0.39, 0.29) is 0 Å². The first-order valence-corrected chi connectivity index (χ1v) is 8.39. The summed E-state index contributed by atoms with van der Waals surface area (Å²) in [6.07, 6.45) is 2.74. The minimum absolute atomic E-state index is 0.568. The molecule has 1 N–H and O–H groups in total. The zero-order chi connectivity index (χ0) is 14.9. The van der Waals surface area contributed by atoms with Gasteiger partial charge >= 0.3 is 0 Å². The standard InChI is InChI=1S/C19H24N2O/c1-22-18-9-8-17(15-4-2-3-5-16(15)18)19(14-6-7-14)21-12-10-20-11-13-21/h2-5,8-9,14,19-20H,6-7,10-13H2,1H3/t19-/m0/s1. The van der Waals surface area contributed by atoms with Crippen molar-refractivity contribution >= 4 is 10.8 Å². The van der Waals surface area contributed by atoms with Gasteiger partial charge in [0.05, 0.1) is 7.11 Å². The quantitative estimate of drug-likeness (QED) is 0.937. The molecule has 1 saturated carbocycles. The zero-order valence-electron chi connectivity index (χ0n) is 13.2. The van der Waals surface area contributed by atoms with Gasteiger partial charge in [0.15, 0.2) is 0 Å². The molecule has 22 heavy (non-hydrogen) atoms. The Hall–Kier alpha value is -1.58. The van der Waals surface area contributed by atoms with Gasteiger partial charge in [-0.15, -0.1) is 0 Å². The number of nitrogens with zero attached hydrogens (tertiary/aromatic N) is 1. The summed E-state index contributed by atoms with van der Waals surface area (Å²) in [6.45, 7) is 4.53. The Morgan fingerprint density at radius 1 is 1.05 bits per heavy atom. The summed E-state index contributed by atoms with van der Waals surface area (Å²) < 4.78 is 5.56. The van der Waals surface area contributed by atoms with Crippen molar-refractivity contribution in [3.63, 3.8) is 0 Å². The van der Waals surface area contributed by atoms with Crippen molar-refractivity contribution in [2.24, 2.45) is 5.92 Å². The molecule has 1 atom stereocenters. The van der Waals surface area contributed by atoms with Crippen molar-refractivity contribution in [2.75, 3.05) is 33.3 Å². The highest BCUT2D eigenvalue weighted by Gasteiger charge is 2.37. The Bertz CT molecular complexity index is 660. The average molecular weight is 296 g/mol. The molecule has 2 aromatic rings. The van der Waals surface area contributed by atoms with Crippen LogP contribution in [0.3, 0.4) is 0 Å². The first-order chi connectivity index (χ1) is 10.9. The fraction of sp³-hybridized carbons (Fsp3) is 0.474. The van der Waals surface area contributed by atoms with Crippen molar-refractivity contribution in [2.45, 2.75) is 18.9 Å². The number of rotatable bonds is 4. The number of ether oxygens (including phenoxy) is 1.